The van der Waals surface area contributed by atoms with Crippen molar-refractivity contribution < 1.29 is 62.1 Å². The molecule has 4 unspecified atom stereocenters. The summed E-state index contributed by atoms with van der Waals surface area (Å²) in [5.41, 5.74) is -1.72. The number of halogens is 2. The standard InChI is InChI=1S/C12H28I2O13P4/c1-9(15)3-6-12(8-14,30(22,23)24)31(25,26)27-11(2,7-13)5-4-10(28(16,17)18)29(19,20)21/h9-10,15H,3-8H2,1-2H3,(H,25,26)(H2,16,17,18)(H2,19,20,21)(H2,22,23,24). The van der Waals surface area contributed by atoms with Crippen LogP contribution in [0.2, 0.25) is 0 Å². The van der Waals surface area contributed by atoms with Crippen molar-refractivity contribution in [3.05, 3.63) is 0 Å². The van der Waals surface area contributed by atoms with E-state index in [9.17, 15) is 57.6 Å². The molecule has 0 aromatic rings. The Labute approximate surface area is 207 Å². The minimum Gasteiger partial charge on any atom is -0.393 e. The molecule has 31 heavy (non-hydrogen) atoms. The Kier molecular flexibility index (Phi) is 12.6. The van der Waals surface area contributed by atoms with E-state index in [0.717, 1.165) is 0 Å². The van der Waals surface area contributed by atoms with Gasteiger partial charge in [0.25, 0.3) is 0 Å². The van der Waals surface area contributed by atoms with Gasteiger partial charge in [-0.15, -0.1) is 0 Å². The molecule has 4 atom stereocenters. The third-order valence-electron chi connectivity index (χ3n) is 4.58. The topological polar surface area (TPSA) is 239 Å². The van der Waals surface area contributed by atoms with E-state index in [-0.39, 0.29) is 10.8 Å². The van der Waals surface area contributed by atoms with Gasteiger partial charge in [0.15, 0.2) is 10.3 Å². The van der Waals surface area contributed by atoms with Crippen molar-refractivity contribution in [2.24, 2.45) is 0 Å². The highest BCUT2D eigenvalue weighted by molar-refractivity contribution is 14.1. The maximum Gasteiger partial charge on any atom is 0.347 e. The van der Waals surface area contributed by atoms with Gasteiger partial charge >= 0.3 is 30.4 Å². The average molecular weight is 758 g/mol. The number of alkyl halides is 2. The summed E-state index contributed by atoms with van der Waals surface area (Å²) in [7, 11) is -20.9. The number of rotatable bonds is 14. The molecule has 0 spiro atoms. The van der Waals surface area contributed by atoms with E-state index in [2.05, 4.69) is 0 Å². The summed E-state index contributed by atoms with van der Waals surface area (Å²) in [6.45, 7) is 2.56. The zero-order chi connectivity index (χ0) is 25.1. The van der Waals surface area contributed by atoms with Crippen LogP contribution in [0.25, 0.3) is 0 Å². The normalized spacial score (nSPS) is 20.7. The summed E-state index contributed by atoms with van der Waals surface area (Å²) in [6.07, 6.45) is -3.10. The quantitative estimate of drug-likeness (QED) is 0.0722. The minimum atomic E-state index is -5.28. The van der Waals surface area contributed by atoms with Crippen molar-refractivity contribution in [2.75, 3.05) is 8.86 Å². The van der Waals surface area contributed by atoms with Crippen LogP contribution < -0.4 is 0 Å². The van der Waals surface area contributed by atoms with Crippen LogP contribution in [0.5, 0.6) is 0 Å². The lowest BCUT2D eigenvalue weighted by Gasteiger charge is -2.40. The first-order chi connectivity index (χ1) is 13.6. The van der Waals surface area contributed by atoms with E-state index in [4.69, 9.17) is 4.52 Å². The first-order valence-electron chi connectivity index (χ1n) is 8.58. The fourth-order valence-corrected chi connectivity index (χ4v) is 12.4. The van der Waals surface area contributed by atoms with Crippen LogP contribution in [-0.2, 0) is 22.8 Å². The van der Waals surface area contributed by atoms with Crippen LogP contribution in [-0.4, -0.2) is 70.2 Å². The number of aliphatic hydroxyl groups is 1. The van der Waals surface area contributed by atoms with E-state index in [1.165, 1.54) is 36.4 Å². The second-order valence-electron chi connectivity index (χ2n) is 7.44. The van der Waals surface area contributed by atoms with Crippen molar-refractivity contribution in [1.82, 2.24) is 0 Å². The SMILES string of the molecule is CC(O)CCC(CI)(P(=O)(O)O)P(=O)(O)OC(C)(CI)CCC(P(=O)(O)O)P(=O)(O)O. The molecule has 0 aliphatic carbocycles. The molecule has 0 saturated heterocycles. The van der Waals surface area contributed by atoms with Crippen LogP contribution in [0, 0.1) is 0 Å². The van der Waals surface area contributed by atoms with Gasteiger partial charge in [-0.3, -0.25) is 18.3 Å². The van der Waals surface area contributed by atoms with Crippen LogP contribution in [0.4, 0.5) is 0 Å². The minimum absolute atomic E-state index is 0.112. The number of aliphatic hydroxyl groups excluding tert-OH is 1. The lowest BCUT2D eigenvalue weighted by molar-refractivity contribution is 0.0820. The monoisotopic (exact) mass is 758 g/mol. The maximum atomic E-state index is 13.2. The second kappa shape index (κ2) is 11.8. The van der Waals surface area contributed by atoms with Gasteiger partial charge in [0.1, 0.15) is 0 Å². The highest BCUT2D eigenvalue weighted by Gasteiger charge is 2.62. The molecule has 0 amide bonds. The van der Waals surface area contributed by atoms with Crippen molar-refractivity contribution in [3.8, 4) is 0 Å². The Morgan fingerprint density at radius 3 is 1.58 bits per heavy atom. The highest BCUT2D eigenvalue weighted by Crippen LogP contribution is 2.75. The molecule has 0 heterocycles. The Bertz CT molecular complexity index is 769. The summed E-state index contributed by atoms with van der Waals surface area (Å²) in [4.78, 5) is 64.9. The first-order valence-corrected chi connectivity index (χ1v) is 18.2. The molecule has 0 radical (unpaired) electrons. The fourth-order valence-electron chi connectivity index (χ4n) is 2.60. The van der Waals surface area contributed by atoms with Crippen LogP contribution in [0.1, 0.15) is 39.5 Å². The smallest absolute Gasteiger partial charge is 0.347 e. The number of hydrogen-bond acceptors (Lipinski definition) is 6. The third-order valence-corrected chi connectivity index (χ3v) is 17.7. The summed E-state index contributed by atoms with van der Waals surface area (Å²) in [5.74, 6) is 0. The molecule has 0 fully saturated rings. The van der Waals surface area contributed by atoms with E-state index < -0.39 is 76.1 Å². The zero-order valence-electron chi connectivity index (χ0n) is 16.6. The van der Waals surface area contributed by atoms with Crippen LogP contribution in [0.3, 0.4) is 0 Å². The van der Waals surface area contributed by atoms with E-state index in [0.29, 0.717) is 0 Å². The van der Waals surface area contributed by atoms with Gasteiger partial charge in [0, 0.05) is 8.86 Å². The summed E-state index contributed by atoms with van der Waals surface area (Å²) < 4.78 is 53.0. The second-order valence-corrected chi connectivity index (χ2v) is 17.4. The van der Waals surface area contributed by atoms with Crippen molar-refractivity contribution >= 4 is 75.6 Å². The van der Waals surface area contributed by atoms with Crippen molar-refractivity contribution in [2.45, 2.75) is 61.5 Å². The molecular weight excluding hydrogens is 730 g/mol. The predicted octanol–water partition coefficient (Wildman–Crippen LogP) is 2.31. The zero-order valence-corrected chi connectivity index (χ0v) is 24.5. The van der Waals surface area contributed by atoms with Gasteiger partial charge in [0.05, 0.1) is 11.7 Å². The predicted molar refractivity (Wildman–Crippen MR) is 130 cm³/mol. The summed E-state index contributed by atoms with van der Waals surface area (Å²) in [6, 6.07) is 0. The molecule has 0 aromatic carbocycles. The van der Waals surface area contributed by atoms with Gasteiger partial charge in [-0.05, 0) is 39.5 Å². The molecule has 19 heteroatoms. The molecule has 0 aromatic heterocycles. The van der Waals surface area contributed by atoms with E-state index in [1.54, 1.807) is 22.6 Å². The lowest BCUT2D eigenvalue weighted by atomic mass is 10.0. The maximum absolute atomic E-state index is 13.2. The molecule has 0 aliphatic rings. The molecule has 13 nitrogen and oxygen atoms in total. The van der Waals surface area contributed by atoms with Gasteiger partial charge in [-0.25, -0.2) is 0 Å². The molecule has 188 valence electrons. The summed E-state index contributed by atoms with van der Waals surface area (Å²) >= 11 is 3.23. The molecular formula is C12H28I2O13P4. The van der Waals surface area contributed by atoms with Crippen molar-refractivity contribution in [3.63, 3.8) is 0 Å². The van der Waals surface area contributed by atoms with E-state index >= 15 is 0 Å². The molecule has 0 saturated carbocycles. The van der Waals surface area contributed by atoms with Crippen LogP contribution >= 0.6 is 75.6 Å². The van der Waals surface area contributed by atoms with Crippen molar-refractivity contribution in [1.29, 1.82) is 0 Å². The third kappa shape index (κ3) is 9.20. The molecule has 0 rings (SSSR count). The van der Waals surface area contributed by atoms with Gasteiger partial charge in [-0.1, -0.05) is 45.2 Å². The van der Waals surface area contributed by atoms with Crippen LogP contribution in [0.15, 0.2) is 0 Å². The fraction of sp³-hybridized carbons (Fsp3) is 1.00. The van der Waals surface area contributed by atoms with E-state index in [1.807, 2.05) is 0 Å². The molecule has 0 aliphatic heterocycles. The highest BCUT2D eigenvalue weighted by atomic mass is 127. The van der Waals surface area contributed by atoms with Gasteiger partial charge in [-0.2, -0.15) is 0 Å². The Balaban J connectivity index is 6.07. The average Bonchev–Trinajstić information content (AvgIpc) is 2.50. The first kappa shape index (κ1) is 33.0. The summed E-state index contributed by atoms with van der Waals surface area (Å²) in [5, 5.41) is 7.14. The Morgan fingerprint density at radius 1 is 0.839 bits per heavy atom. The Hall–Kier alpha value is 2.02. The number of hydrogen-bond donors (Lipinski definition) is 8. The molecule has 0 bridgehead atoms. The Morgan fingerprint density at radius 2 is 1.29 bits per heavy atom. The lowest BCUT2D eigenvalue weighted by Crippen LogP contribution is -2.39. The molecule has 8 N–H and O–H groups in total. The van der Waals surface area contributed by atoms with Gasteiger partial charge in [0.2, 0.25) is 0 Å². The van der Waals surface area contributed by atoms with Gasteiger partial charge < -0.3 is 43.9 Å². The largest absolute Gasteiger partial charge is 0.393 e.